The first-order valence-corrected chi connectivity index (χ1v) is 12.2. The Bertz CT molecular complexity index is 907. The number of nitrogens with zero attached hydrogens (tertiary/aromatic N) is 2. The molecule has 1 N–H and O–H groups in total. The van der Waals surface area contributed by atoms with Gasteiger partial charge in [0.25, 0.3) is 0 Å². The molecule has 5 aliphatic rings. The first kappa shape index (κ1) is 19.1. The van der Waals surface area contributed by atoms with Crippen molar-refractivity contribution in [2.45, 2.75) is 77.9 Å². The summed E-state index contributed by atoms with van der Waals surface area (Å²) < 4.78 is 0. The highest BCUT2D eigenvalue weighted by molar-refractivity contribution is 5.94. The molecule has 1 aliphatic heterocycles. The van der Waals surface area contributed by atoms with Gasteiger partial charge in [0.2, 0.25) is 0 Å². The maximum Gasteiger partial charge on any atom is 0.0597 e. The minimum Gasteiger partial charge on any atom is -0.393 e. The summed E-state index contributed by atoms with van der Waals surface area (Å²) in [7, 11) is 0. The summed E-state index contributed by atoms with van der Waals surface area (Å²) in [5, 5.41) is 17.8. The Balaban J connectivity index is 1.33. The van der Waals surface area contributed by atoms with Crippen LogP contribution >= 0.6 is 0 Å². The number of rotatable bonds is 1. The van der Waals surface area contributed by atoms with Gasteiger partial charge in [0.1, 0.15) is 0 Å². The van der Waals surface area contributed by atoms with E-state index < -0.39 is 0 Å². The molecule has 3 saturated carbocycles. The lowest BCUT2D eigenvalue weighted by Crippen LogP contribution is -2.52. The third-order valence-electron chi connectivity index (χ3n) is 10.1. The minimum absolute atomic E-state index is 0.111. The second-order valence-electron chi connectivity index (χ2n) is 11.4. The lowest BCUT2D eigenvalue weighted by atomic mass is 9.47. The highest BCUT2D eigenvalue weighted by Gasteiger charge is 2.63. The van der Waals surface area contributed by atoms with Gasteiger partial charge < -0.3 is 5.11 Å². The number of allylic oxidation sites excluding steroid dienone is 1. The van der Waals surface area contributed by atoms with E-state index >= 15 is 0 Å². The molecular formula is C27H36N2O. The summed E-state index contributed by atoms with van der Waals surface area (Å²) in [5.41, 5.74) is 4.98. The molecule has 0 aromatic heterocycles. The van der Waals surface area contributed by atoms with Crippen LogP contribution in [-0.2, 0) is 0 Å². The Morgan fingerprint density at radius 1 is 1.03 bits per heavy atom. The van der Waals surface area contributed by atoms with E-state index in [-0.39, 0.29) is 6.10 Å². The Labute approximate surface area is 181 Å². The second kappa shape index (κ2) is 6.45. The Morgan fingerprint density at radius 3 is 2.63 bits per heavy atom. The Morgan fingerprint density at radius 2 is 1.83 bits per heavy atom. The van der Waals surface area contributed by atoms with Crippen molar-refractivity contribution in [3.63, 3.8) is 0 Å². The van der Waals surface area contributed by atoms with E-state index in [9.17, 15) is 5.11 Å². The maximum atomic E-state index is 10.2. The molecule has 6 rings (SSSR count). The van der Waals surface area contributed by atoms with Crippen molar-refractivity contribution < 1.29 is 5.11 Å². The van der Waals surface area contributed by atoms with E-state index in [1.54, 1.807) is 5.57 Å². The van der Waals surface area contributed by atoms with Gasteiger partial charge in [-0.1, -0.05) is 43.7 Å². The van der Waals surface area contributed by atoms with Crippen molar-refractivity contribution in [2.75, 3.05) is 5.01 Å². The molecule has 0 radical (unpaired) electrons. The highest BCUT2D eigenvalue weighted by Crippen LogP contribution is 2.67. The average molecular weight is 405 g/mol. The largest absolute Gasteiger partial charge is 0.393 e. The molecule has 0 bridgehead atoms. The predicted molar refractivity (Wildman–Crippen MR) is 122 cm³/mol. The predicted octanol–water partition coefficient (Wildman–Crippen LogP) is 5.80. The van der Waals surface area contributed by atoms with Crippen LogP contribution in [0.15, 0.2) is 47.1 Å². The van der Waals surface area contributed by atoms with Crippen LogP contribution in [0, 0.1) is 34.5 Å². The average Bonchev–Trinajstić information content (AvgIpc) is 3.23. The molecule has 3 fully saturated rings. The van der Waals surface area contributed by atoms with Crippen LogP contribution in [0.3, 0.4) is 0 Å². The molecule has 0 amide bonds. The summed E-state index contributed by atoms with van der Waals surface area (Å²) in [5.74, 6) is 2.94. The molecule has 8 atom stereocenters. The van der Waals surface area contributed by atoms with Gasteiger partial charge in [0.15, 0.2) is 0 Å². The van der Waals surface area contributed by atoms with Gasteiger partial charge >= 0.3 is 0 Å². The van der Waals surface area contributed by atoms with Gasteiger partial charge in [-0.05, 0) is 92.6 Å². The lowest BCUT2D eigenvalue weighted by Gasteiger charge is -2.58. The van der Waals surface area contributed by atoms with E-state index in [0.29, 0.717) is 22.8 Å². The molecule has 0 saturated heterocycles. The molecule has 3 nitrogen and oxygen atoms in total. The van der Waals surface area contributed by atoms with Gasteiger partial charge in [-0.2, -0.15) is 5.10 Å². The van der Waals surface area contributed by atoms with Crippen molar-refractivity contribution in [1.82, 2.24) is 0 Å². The third-order valence-corrected chi connectivity index (χ3v) is 10.1. The fourth-order valence-corrected chi connectivity index (χ4v) is 8.67. The number of fused-ring (bicyclic) bond motifs is 7. The minimum atomic E-state index is -0.111. The summed E-state index contributed by atoms with van der Waals surface area (Å²) in [6.07, 6.45) is 10.6. The molecule has 3 heteroatoms. The number of hydrazone groups is 1. The van der Waals surface area contributed by atoms with E-state index in [1.165, 1.54) is 43.5 Å². The summed E-state index contributed by atoms with van der Waals surface area (Å²) in [4.78, 5) is 0. The number of para-hydroxylation sites is 1. The van der Waals surface area contributed by atoms with Gasteiger partial charge in [0, 0.05) is 11.6 Å². The van der Waals surface area contributed by atoms with Crippen molar-refractivity contribution in [3.05, 3.63) is 42.0 Å². The molecule has 0 unspecified atom stereocenters. The monoisotopic (exact) mass is 404 g/mol. The maximum absolute atomic E-state index is 10.2. The fraction of sp³-hybridized carbons (Fsp3) is 0.667. The summed E-state index contributed by atoms with van der Waals surface area (Å²) >= 11 is 0. The molecule has 1 heterocycles. The summed E-state index contributed by atoms with van der Waals surface area (Å²) in [6, 6.07) is 11.2. The first-order valence-electron chi connectivity index (χ1n) is 12.2. The van der Waals surface area contributed by atoms with Crippen LogP contribution in [0.1, 0.15) is 65.7 Å². The smallest absolute Gasteiger partial charge is 0.0597 e. The van der Waals surface area contributed by atoms with Gasteiger partial charge in [0.05, 0.1) is 17.8 Å². The fourth-order valence-electron chi connectivity index (χ4n) is 8.67. The highest BCUT2D eigenvalue weighted by atomic mass is 16.3. The lowest BCUT2D eigenvalue weighted by molar-refractivity contribution is -0.0508. The van der Waals surface area contributed by atoms with E-state index in [2.05, 4.69) is 62.2 Å². The van der Waals surface area contributed by atoms with Gasteiger partial charge in [-0.3, -0.25) is 5.01 Å². The summed E-state index contributed by atoms with van der Waals surface area (Å²) in [6.45, 7) is 7.52. The molecule has 160 valence electrons. The quantitative estimate of drug-likeness (QED) is 0.600. The second-order valence-corrected chi connectivity index (χ2v) is 11.4. The number of aliphatic hydroxyl groups excluding tert-OH is 1. The molecule has 1 aromatic carbocycles. The normalized spacial score (nSPS) is 47.0. The molecule has 4 aliphatic carbocycles. The SMILES string of the molecule is C[C@H]1[C@H]2C(=NN1c1ccccc1)C[C@H]1[C@@H]3CC=C4C[C@@H](O)CC[C@]4(C)[C@H]3CC[C@]21C. The van der Waals surface area contributed by atoms with Crippen molar-refractivity contribution in [3.8, 4) is 0 Å². The number of anilines is 1. The molecule has 1 aromatic rings. The van der Waals surface area contributed by atoms with Crippen molar-refractivity contribution in [1.29, 1.82) is 0 Å². The zero-order valence-corrected chi connectivity index (χ0v) is 18.7. The van der Waals surface area contributed by atoms with E-state index in [0.717, 1.165) is 30.6 Å². The molecule has 30 heavy (non-hydrogen) atoms. The topological polar surface area (TPSA) is 35.8 Å². The zero-order chi connectivity index (χ0) is 20.7. The third kappa shape index (κ3) is 2.45. The Hall–Kier alpha value is -1.61. The molecule has 0 spiro atoms. The van der Waals surface area contributed by atoms with Crippen LogP contribution in [0.5, 0.6) is 0 Å². The van der Waals surface area contributed by atoms with Crippen LogP contribution in [0.4, 0.5) is 5.69 Å². The van der Waals surface area contributed by atoms with Gasteiger partial charge in [-0.25, -0.2) is 0 Å². The standard InChI is InChI=1S/C27H36N2O/c1-17-25-24(28-29(17)19-7-5-4-6-8-19)16-23-21-10-9-18-15-20(30)11-13-26(18,2)22(21)12-14-27(23,25)3/h4-9,17,20-23,25,30H,10-16H2,1-3H3/t17-,20-,21+,22-,23-,25-,26-,27-/m0/s1. The number of aliphatic hydroxyl groups is 1. The van der Waals surface area contributed by atoms with Crippen molar-refractivity contribution in [2.24, 2.45) is 39.6 Å². The van der Waals surface area contributed by atoms with Crippen LogP contribution in [0.2, 0.25) is 0 Å². The van der Waals surface area contributed by atoms with E-state index in [4.69, 9.17) is 5.10 Å². The van der Waals surface area contributed by atoms with Gasteiger partial charge in [-0.15, -0.1) is 0 Å². The van der Waals surface area contributed by atoms with Crippen molar-refractivity contribution >= 4 is 11.4 Å². The van der Waals surface area contributed by atoms with Crippen LogP contribution in [-0.4, -0.2) is 23.0 Å². The number of benzene rings is 1. The Kier molecular flexibility index (Phi) is 4.11. The molecular weight excluding hydrogens is 368 g/mol. The number of hydrogen-bond donors (Lipinski definition) is 1. The van der Waals surface area contributed by atoms with E-state index in [1.807, 2.05) is 0 Å². The van der Waals surface area contributed by atoms with Crippen LogP contribution in [0.25, 0.3) is 0 Å². The van der Waals surface area contributed by atoms with Crippen LogP contribution < -0.4 is 5.01 Å². The zero-order valence-electron chi connectivity index (χ0n) is 18.7. The number of hydrogen-bond acceptors (Lipinski definition) is 3. The first-order chi connectivity index (χ1) is 14.4.